The standard InChI is InChI=1S/C19H9Cl3F3N3S/c20-12-2-3-13(15(22)6-12)17-9-29-18(28-17)10(7-26)8-27-16-5-11(19(23,24)25)1-4-14(16)21/h1-6,8-9,27H/b10-8+. The number of nitrogens with one attached hydrogen (secondary N) is 1. The monoisotopic (exact) mass is 473 g/mol. The zero-order chi connectivity index (χ0) is 21.2. The Hall–Kier alpha value is -2.24. The van der Waals surface area contributed by atoms with Gasteiger partial charge >= 0.3 is 6.18 Å². The van der Waals surface area contributed by atoms with E-state index in [0.29, 0.717) is 26.3 Å². The van der Waals surface area contributed by atoms with Crippen molar-refractivity contribution in [3.8, 4) is 17.3 Å². The molecule has 0 saturated carbocycles. The van der Waals surface area contributed by atoms with Crippen molar-refractivity contribution in [2.24, 2.45) is 0 Å². The van der Waals surface area contributed by atoms with Crippen LogP contribution in [0, 0.1) is 11.3 Å². The normalized spacial score (nSPS) is 12.0. The maximum Gasteiger partial charge on any atom is 0.416 e. The number of hydrogen-bond acceptors (Lipinski definition) is 4. The number of thiazole rings is 1. The van der Waals surface area contributed by atoms with Crippen molar-refractivity contribution in [2.45, 2.75) is 6.18 Å². The van der Waals surface area contributed by atoms with Crippen LogP contribution in [-0.4, -0.2) is 4.98 Å². The van der Waals surface area contributed by atoms with Gasteiger partial charge in [-0.25, -0.2) is 4.98 Å². The molecule has 0 unspecified atom stereocenters. The molecule has 10 heteroatoms. The lowest BCUT2D eigenvalue weighted by atomic mass is 10.2. The highest BCUT2D eigenvalue weighted by atomic mass is 35.5. The van der Waals surface area contributed by atoms with E-state index < -0.39 is 11.7 Å². The van der Waals surface area contributed by atoms with E-state index in [2.05, 4.69) is 10.3 Å². The summed E-state index contributed by atoms with van der Waals surface area (Å²) in [5.41, 5.74) is 0.478. The molecule has 0 amide bonds. The molecule has 0 aliphatic heterocycles. The maximum absolute atomic E-state index is 12.9. The Morgan fingerprint density at radius 1 is 1.10 bits per heavy atom. The molecular weight excluding hydrogens is 466 g/mol. The Kier molecular flexibility index (Phi) is 6.39. The van der Waals surface area contributed by atoms with Crippen LogP contribution in [0.5, 0.6) is 0 Å². The second-order valence-corrected chi connectivity index (χ2v) is 7.78. The van der Waals surface area contributed by atoms with Gasteiger partial charge in [0.15, 0.2) is 0 Å². The molecule has 3 aromatic rings. The molecule has 1 heterocycles. The van der Waals surface area contributed by atoms with Crippen molar-refractivity contribution in [3.63, 3.8) is 0 Å². The summed E-state index contributed by atoms with van der Waals surface area (Å²) in [4.78, 5) is 4.38. The summed E-state index contributed by atoms with van der Waals surface area (Å²) in [6.45, 7) is 0. The fraction of sp³-hybridized carbons (Fsp3) is 0.0526. The molecule has 1 N–H and O–H groups in total. The smallest absolute Gasteiger partial charge is 0.359 e. The third-order valence-electron chi connectivity index (χ3n) is 3.73. The van der Waals surface area contributed by atoms with Crippen LogP contribution in [-0.2, 0) is 6.18 Å². The van der Waals surface area contributed by atoms with Crippen LogP contribution in [0.2, 0.25) is 15.1 Å². The van der Waals surface area contributed by atoms with Crippen LogP contribution < -0.4 is 5.32 Å². The van der Waals surface area contributed by atoms with E-state index in [4.69, 9.17) is 34.8 Å². The summed E-state index contributed by atoms with van der Waals surface area (Å²) >= 11 is 19.2. The Labute approximate surface area is 183 Å². The summed E-state index contributed by atoms with van der Waals surface area (Å²) < 4.78 is 38.7. The van der Waals surface area contributed by atoms with E-state index >= 15 is 0 Å². The average molecular weight is 475 g/mol. The number of rotatable bonds is 4. The molecule has 1 aromatic heterocycles. The van der Waals surface area contributed by atoms with Gasteiger partial charge in [0.1, 0.15) is 16.6 Å². The van der Waals surface area contributed by atoms with Crippen molar-refractivity contribution in [1.82, 2.24) is 4.98 Å². The van der Waals surface area contributed by atoms with Crippen molar-refractivity contribution in [1.29, 1.82) is 5.26 Å². The zero-order valence-corrected chi connectivity index (χ0v) is 17.3. The summed E-state index contributed by atoms with van der Waals surface area (Å²) in [6, 6.07) is 9.81. The SMILES string of the molecule is N#C/C(=C\Nc1cc(C(F)(F)F)ccc1Cl)c1nc(-c2ccc(Cl)cc2Cl)cs1. The minimum absolute atomic E-state index is 0.0202. The molecule has 3 nitrogen and oxygen atoms in total. The number of benzene rings is 2. The van der Waals surface area contributed by atoms with Crippen LogP contribution in [0.25, 0.3) is 16.8 Å². The second-order valence-electron chi connectivity index (χ2n) is 5.67. The van der Waals surface area contributed by atoms with E-state index in [1.54, 1.807) is 23.6 Å². The summed E-state index contributed by atoms with van der Waals surface area (Å²) in [5, 5.41) is 15.1. The Morgan fingerprint density at radius 3 is 2.52 bits per heavy atom. The summed E-state index contributed by atoms with van der Waals surface area (Å²) in [5.74, 6) is 0. The van der Waals surface area contributed by atoms with Gasteiger partial charge in [0.05, 0.1) is 27.0 Å². The van der Waals surface area contributed by atoms with Crippen LogP contribution >= 0.6 is 46.1 Å². The molecule has 0 spiro atoms. The molecule has 0 fully saturated rings. The van der Waals surface area contributed by atoms with Crippen LogP contribution in [0.15, 0.2) is 48.0 Å². The van der Waals surface area contributed by atoms with Gasteiger partial charge in [-0.15, -0.1) is 11.3 Å². The minimum atomic E-state index is -4.51. The predicted octanol–water partition coefficient (Wildman–Crippen LogP) is 7.77. The number of anilines is 1. The summed E-state index contributed by atoms with van der Waals surface area (Å²) in [7, 11) is 0. The molecular formula is C19H9Cl3F3N3S. The first-order chi connectivity index (χ1) is 13.7. The van der Waals surface area contributed by atoms with E-state index in [1.807, 2.05) is 6.07 Å². The summed E-state index contributed by atoms with van der Waals surface area (Å²) in [6.07, 6.45) is -3.25. The van der Waals surface area contributed by atoms with Gasteiger partial charge in [-0.05, 0) is 36.4 Å². The molecule has 0 bridgehead atoms. The van der Waals surface area contributed by atoms with Gasteiger partial charge in [-0.2, -0.15) is 18.4 Å². The number of aromatic nitrogens is 1. The highest BCUT2D eigenvalue weighted by molar-refractivity contribution is 7.11. The first-order valence-corrected chi connectivity index (χ1v) is 9.85. The quantitative estimate of drug-likeness (QED) is 0.393. The maximum atomic E-state index is 12.9. The molecule has 0 aliphatic carbocycles. The van der Waals surface area contributed by atoms with Gasteiger partial charge in [0.25, 0.3) is 0 Å². The largest absolute Gasteiger partial charge is 0.416 e. The minimum Gasteiger partial charge on any atom is -0.359 e. The molecule has 0 saturated heterocycles. The van der Waals surface area contributed by atoms with E-state index in [-0.39, 0.29) is 16.3 Å². The fourth-order valence-corrected chi connectivity index (χ4v) is 3.79. The van der Waals surface area contributed by atoms with Gasteiger partial charge in [-0.3, -0.25) is 0 Å². The lowest BCUT2D eigenvalue weighted by Gasteiger charge is -2.10. The van der Waals surface area contributed by atoms with Crippen molar-refractivity contribution in [3.05, 3.63) is 73.6 Å². The number of hydrogen-bond donors (Lipinski definition) is 1. The number of nitrogens with zero attached hydrogens (tertiary/aromatic N) is 2. The number of allylic oxidation sites excluding steroid dienone is 1. The van der Waals surface area contributed by atoms with E-state index in [0.717, 1.165) is 18.2 Å². The van der Waals surface area contributed by atoms with Gasteiger partial charge in [0.2, 0.25) is 0 Å². The van der Waals surface area contributed by atoms with Crippen LogP contribution in [0.1, 0.15) is 10.6 Å². The molecule has 2 aromatic carbocycles. The number of halogens is 6. The number of alkyl halides is 3. The van der Waals surface area contributed by atoms with E-state index in [1.165, 1.54) is 17.5 Å². The highest BCUT2D eigenvalue weighted by Gasteiger charge is 2.30. The molecule has 0 radical (unpaired) electrons. The molecule has 29 heavy (non-hydrogen) atoms. The topological polar surface area (TPSA) is 48.7 Å². The number of nitriles is 1. The lowest BCUT2D eigenvalue weighted by Crippen LogP contribution is -2.05. The zero-order valence-electron chi connectivity index (χ0n) is 14.2. The molecule has 148 valence electrons. The Balaban J connectivity index is 1.89. The van der Waals surface area contributed by atoms with Gasteiger partial charge < -0.3 is 5.32 Å². The molecule has 0 atom stereocenters. The lowest BCUT2D eigenvalue weighted by molar-refractivity contribution is -0.137. The average Bonchev–Trinajstić information content (AvgIpc) is 3.12. The fourth-order valence-electron chi connectivity index (χ4n) is 2.32. The Bertz CT molecular complexity index is 1130. The van der Waals surface area contributed by atoms with Gasteiger partial charge in [0, 0.05) is 22.2 Å². The third-order valence-corrected chi connectivity index (χ3v) is 5.48. The van der Waals surface area contributed by atoms with Crippen molar-refractivity contribution < 1.29 is 13.2 Å². The molecule has 3 rings (SSSR count). The first kappa shape index (κ1) is 21.5. The van der Waals surface area contributed by atoms with Crippen LogP contribution in [0.4, 0.5) is 18.9 Å². The second kappa shape index (κ2) is 8.64. The van der Waals surface area contributed by atoms with Gasteiger partial charge in [-0.1, -0.05) is 34.8 Å². The van der Waals surface area contributed by atoms with Crippen molar-refractivity contribution in [2.75, 3.05) is 5.32 Å². The van der Waals surface area contributed by atoms with Crippen molar-refractivity contribution >= 4 is 57.4 Å². The van der Waals surface area contributed by atoms with E-state index in [9.17, 15) is 18.4 Å². The third kappa shape index (κ3) is 5.03. The highest BCUT2D eigenvalue weighted by Crippen LogP contribution is 2.35. The predicted molar refractivity (Wildman–Crippen MR) is 111 cm³/mol. The first-order valence-electron chi connectivity index (χ1n) is 7.84. The molecule has 0 aliphatic rings. The van der Waals surface area contributed by atoms with Crippen LogP contribution in [0.3, 0.4) is 0 Å². The Morgan fingerprint density at radius 2 is 1.86 bits per heavy atom.